The minimum Gasteiger partial charge on any atom is -0.338 e. The molecule has 2 aromatic rings. The fourth-order valence-electron chi connectivity index (χ4n) is 2.74. The van der Waals surface area contributed by atoms with Crippen molar-refractivity contribution >= 4 is 40.4 Å². The molecule has 4 rings (SSSR count). The summed E-state index contributed by atoms with van der Waals surface area (Å²) in [6.45, 7) is 0.387. The van der Waals surface area contributed by atoms with E-state index < -0.39 is 4.92 Å². The summed E-state index contributed by atoms with van der Waals surface area (Å²) in [5.74, 6) is 1.10. The summed E-state index contributed by atoms with van der Waals surface area (Å²) in [7, 11) is 0. The smallest absolute Gasteiger partial charge is 0.269 e. The minimum absolute atomic E-state index is 0.0132. The van der Waals surface area contributed by atoms with Crippen LogP contribution in [-0.4, -0.2) is 24.4 Å². The lowest BCUT2D eigenvalue weighted by atomic mass is 10.2. The van der Waals surface area contributed by atoms with Crippen molar-refractivity contribution in [2.24, 2.45) is 0 Å². The number of hydrogen-bond acceptors (Lipinski definition) is 6. The highest BCUT2D eigenvalue weighted by Gasteiger charge is 2.18. The summed E-state index contributed by atoms with van der Waals surface area (Å²) in [6.07, 6.45) is 3.06. The Balaban J connectivity index is 1.65. The maximum Gasteiger partial charge on any atom is 0.269 e. The highest BCUT2D eigenvalue weighted by molar-refractivity contribution is 6.36. The number of nitro groups is 1. The van der Waals surface area contributed by atoms with Crippen molar-refractivity contribution in [1.29, 1.82) is 0 Å². The first-order valence-corrected chi connectivity index (χ1v) is 8.89. The van der Waals surface area contributed by atoms with Crippen LogP contribution in [0.4, 0.5) is 17.2 Å². The second-order valence-corrected chi connectivity index (χ2v) is 6.71. The van der Waals surface area contributed by atoms with Crippen LogP contribution >= 0.6 is 23.2 Å². The Bertz CT molecular complexity index is 1110. The zero-order chi connectivity index (χ0) is 19.7. The van der Waals surface area contributed by atoms with Crippen molar-refractivity contribution in [3.8, 4) is 11.5 Å². The number of rotatable bonds is 5. The molecule has 0 atom stereocenters. The van der Waals surface area contributed by atoms with Gasteiger partial charge in [-0.25, -0.2) is 15.0 Å². The van der Waals surface area contributed by atoms with Crippen LogP contribution in [-0.2, 0) is 6.54 Å². The molecule has 0 radical (unpaired) electrons. The number of anilines is 2. The topological polar surface area (TPSA) is 98.8 Å². The summed E-state index contributed by atoms with van der Waals surface area (Å²) < 4.78 is 1.80. The van der Waals surface area contributed by atoms with Crippen molar-refractivity contribution in [2.45, 2.75) is 6.54 Å². The highest BCUT2D eigenvalue weighted by Crippen LogP contribution is 2.30. The molecule has 0 bridgehead atoms. The van der Waals surface area contributed by atoms with Crippen LogP contribution in [0.1, 0.15) is 5.56 Å². The molecule has 1 N–H and O–H groups in total. The molecule has 2 aliphatic rings. The molecule has 0 unspecified atom stereocenters. The molecule has 0 amide bonds. The van der Waals surface area contributed by atoms with Gasteiger partial charge in [-0.05, 0) is 24.3 Å². The molecule has 2 heterocycles. The van der Waals surface area contributed by atoms with E-state index in [9.17, 15) is 10.1 Å². The zero-order valence-corrected chi connectivity index (χ0v) is 15.7. The van der Waals surface area contributed by atoms with E-state index in [4.69, 9.17) is 23.2 Å². The molecule has 140 valence electrons. The molecule has 0 saturated heterocycles. The number of nitrogens with one attached hydrogen (secondary N) is 1. The molecular weight excluding hydrogens is 403 g/mol. The Morgan fingerprint density at radius 1 is 1.04 bits per heavy atom. The highest BCUT2D eigenvalue weighted by atomic mass is 35.5. The predicted molar refractivity (Wildman–Crippen MR) is 106 cm³/mol. The van der Waals surface area contributed by atoms with E-state index in [1.165, 1.54) is 18.5 Å². The van der Waals surface area contributed by atoms with Crippen molar-refractivity contribution in [1.82, 2.24) is 19.5 Å². The fourth-order valence-corrected chi connectivity index (χ4v) is 3.26. The van der Waals surface area contributed by atoms with Crippen LogP contribution in [0.3, 0.4) is 0 Å². The average Bonchev–Trinajstić information content (AvgIpc) is 3.17. The Morgan fingerprint density at radius 2 is 1.75 bits per heavy atom. The second kappa shape index (κ2) is 7.41. The van der Waals surface area contributed by atoms with Crippen LogP contribution in [0.5, 0.6) is 0 Å². The molecule has 0 saturated carbocycles. The van der Waals surface area contributed by atoms with E-state index in [0.717, 1.165) is 5.56 Å². The largest absolute Gasteiger partial charge is 0.338 e. The first-order valence-electron chi connectivity index (χ1n) is 8.13. The van der Waals surface area contributed by atoms with E-state index in [1.807, 2.05) is 0 Å². The van der Waals surface area contributed by atoms with E-state index in [-0.39, 0.29) is 5.69 Å². The van der Waals surface area contributed by atoms with Crippen molar-refractivity contribution < 1.29 is 4.92 Å². The zero-order valence-electron chi connectivity index (χ0n) is 14.2. The number of nitro benzene ring substituents is 1. The van der Waals surface area contributed by atoms with Gasteiger partial charge >= 0.3 is 0 Å². The summed E-state index contributed by atoms with van der Waals surface area (Å²) in [5, 5.41) is 15.0. The lowest BCUT2D eigenvalue weighted by Crippen LogP contribution is -2.10. The third-order valence-electron chi connectivity index (χ3n) is 4.13. The molecule has 0 aromatic heterocycles. The lowest BCUT2D eigenvalue weighted by molar-refractivity contribution is -0.384. The van der Waals surface area contributed by atoms with Gasteiger partial charge in [0.1, 0.15) is 6.33 Å². The van der Waals surface area contributed by atoms with Gasteiger partial charge in [0.25, 0.3) is 5.69 Å². The maximum atomic E-state index is 10.8. The first-order chi connectivity index (χ1) is 13.5. The van der Waals surface area contributed by atoms with E-state index in [0.29, 0.717) is 39.6 Å². The molecule has 28 heavy (non-hydrogen) atoms. The van der Waals surface area contributed by atoms with Gasteiger partial charge in [0, 0.05) is 33.4 Å². The lowest BCUT2D eigenvalue weighted by Gasteiger charge is -2.15. The van der Waals surface area contributed by atoms with Crippen LogP contribution in [0.15, 0.2) is 55.1 Å². The normalized spacial score (nSPS) is 10.9. The van der Waals surface area contributed by atoms with E-state index in [2.05, 4.69) is 20.3 Å². The molecule has 0 spiro atoms. The number of benzene rings is 2. The molecule has 8 nitrogen and oxygen atoms in total. The van der Waals surface area contributed by atoms with Crippen molar-refractivity contribution in [3.63, 3.8) is 0 Å². The van der Waals surface area contributed by atoms with Gasteiger partial charge in [-0.2, -0.15) is 0 Å². The predicted octanol–water partition coefficient (Wildman–Crippen LogP) is 4.78. The van der Waals surface area contributed by atoms with Crippen LogP contribution < -0.4 is 5.32 Å². The number of aromatic nitrogens is 4. The minimum atomic E-state index is -0.450. The van der Waals surface area contributed by atoms with Gasteiger partial charge < -0.3 is 9.88 Å². The standard InChI is InChI=1S/C18H12Cl2N6O2/c19-14-2-1-3-15(20)13(14)8-25-10-23-17(16-18(25)22-9-21-16)24-11-4-6-12(7-5-11)26(27)28/h1-7,9-10,24H,8H2. The molecular formula is C18H12Cl2N6O2. The molecule has 2 aromatic carbocycles. The molecule has 10 heteroatoms. The SMILES string of the molecule is O=[N+]([O-])c1ccc(Nc2ncn(Cc3c(Cl)cccc3Cl)c3ncnc2-3)cc1. The van der Waals surface area contributed by atoms with Crippen molar-refractivity contribution in [3.05, 3.63) is 80.8 Å². The number of hydrogen-bond donors (Lipinski definition) is 1. The maximum absolute atomic E-state index is 10.8. The van der Waals surface area contributed by atoms with Gasteiger partial charge in [0.15, 0.2) is 17.3 Å². The Morgan fingerprint density at radius 3 is 2.43 bits per heavy atom. The first kappa shape index (κ1) is 18.1. The summed E-state index contributed by atoms with van der Waals surface area (Å²) in [5.41, 5.74) is 1.98. The number of non-ortho nitro benzene ring substituents is 1. The Labute approximate surface area is 169 Å². The summed E-state index contributed by atoms with van der Waals surface area (Å²) >= 11 is 12.5. The monoisotopic (exact) mass is 414 g/mol. The van der Waals surface area contributed by atoms with Gasteiger partial charge in [-0.3, -0.25) is 10.1 Å². The molecule has 0 fully saturated rings. The third-order valence-corrected chi connectivity index (χ3v) is 4.84. The average molecular weight is 415 g/mol. The second-order valence-electron chi connectivity index (χ2n) is 5.90. The summed E-state index contributed by atoms with van der Waals surface area (Å²) in [4.78, 5) is 23.3. The Kier molecular flexibility index (Phi) is 4.81. The van der Waals surface area contributed by atoms with Crippen LogP contribution in [0, 0.1) is 10.1 Å². The van der Waals surface area contributed by atoms with Gasteiger partial charge in [-0.15, -0.1) is 0 Å². The Hall–Kier alpha value is -3.23. The summed E-state index contributed by atoms with van der Waals surface area (Å²) in [6, 6.07) is 11.4. The number of fused-ring (bicyclic) bond motifs is 1. The molecule has 0 aliphatic carbocycles. The van der Waals surface area contributed by atoms with Crippen molar-refractivity contribution in [2.75, 3.05) is 5.32 Å². The van der Waals surface area contributed by atoms with E-state index >= 15 is 0 Å². The van der Waals surface area contributed by atoms with Crippen LogP contribution in [0.25, 0.3) is 11.5 Å². The number of imidazole rings is 1. The molecule has 2 aliphatic heterocycles. The quantitative estimate of drug-likeness (QED) is 0.372. The number of nitrogens with zero attached hydrogens (tertiary/aromatic N) is 5. The van der Waals surface area contributed by atoms with Crippen LogP contribution in [0.2, 0.25) is 10.0 Å². The van der Waals surface area contributed by atoms with E-state index in [1.54, 1.807) is 41.2 Å². The van der Waals surface area contributed by atoms with Gasteiger partial charge in [0.2, 0.25) is 0 Å². The fraction of sp³-hybridized carbons (Fsp3) is 0.0556. The number of halogens is 2. The van der Waals surface area contributed by atoms with Gasteiger partial charge in [0.05, 0.1) is 17.8 Å². The third kappa shape index (κ3) is 3.47. The van der Waals surface area contributed by atoms with Gasteiger partial charge in [-0.1, -0.05) is 29.3 Å².